The highest BCUT2D eigenvalue weighted by atomic mass is 16.5. The molecule has 0 aromatic heterocycles. The lowest BCUT2D eigenvalue weighted by atomic mass is 10.1. The van der Waals surface area contributed by atoms with E-state index in [0.29, 0.717) is 6.42 Å². The van der Waals surface area contributed by atoms with Crippen molar-refractivity contribution in [2.24, 2.45) is 0 Å². The minimum Gasteiger partial charge on any atom is -0.494 e. The molecule has 0 saturated carbocycles. The van der Waals surface area contributed by atoms with Crippen LogP contribution in [0.15, 0.2) is 24.3 Å². The Labute approximate surface area is 117 Å². The van der Waals surface area contributed by atoms with Crippen molar-refractivity contribution in [1.82, 2.24) is 0 Å². The molecule has 0 saturated heterocycles. The Hall–Kier alpha value is -1.02. The topological polar surface area (TPSA) is 29.5 Å². The van der Waals surface area contributed by atoms with Gasteiger partial charge in [0, 0.05) is 6.61 Å². The zero-order valence-electron chi connectivity index (χ0n) is 12.2. The Kier molecular flexibility index (Phi) is 9.17. The van der Waals surface area contributed by atoms with Gasteiger partial charge in [0.1, 0.15) is 5.75 Å². The lowest BCUT2D eigenvalue weighted by Gasteiger charge is -2.07. The van der Waals surface area contributed by atoms with E-state index in [1.54, 1.807) is 0 Å². The van der Waals surface area contributed by atoms with Crippen molar-refractivity contribution < 1.29 is 9.84 Å². The third-order valence-electron chi connectivity index (χ3n) is 3.32. The molecule has 0 heterocycles. The predicted octanol–water partition coefficient (Wildman–Crippen LogP) is 4.35. The van der Waals surface area contributed by atoms with E-state index in [0.717, 1.165) is 24.3 Å². The van der Waals surface area contributed by atoms with Crippen LogP contribution in [-0.4, -0.2) is 18.3 Å². The first-order valence-electron chi connectivity index (χ1n) is 7.69. The number of hydrogen-bond acceptors (Lipinski definition) is 2. The number of rotatable bonds is 11. The van der Waals surface area contributed by atoms with Gasteiger partial charge in [-0.25, -0.2) is 0 Å². The summed E-state index contributed by atoms with van der Waals surface area (Å²) >= 11 is 0. The highest BCUT2D eigenvalue weighted by molar-refractivity contribution is 5.28. The maximum atomic E-state index is 8.90. The summed E-state index contributed by atoms with van der Waals surface area (Å²) in [7, 11) is 0. The van der Waals surface area contributed by atoms with E-state index in [-0.39, 0.29) is 6.61 Å². The average molecular weight is 264 g/mol. The molecule has 0 fully saturated rings. The van der Waals surface area contributed by atoms with Gasteiger partial charge in [0.2, 0.25) is 0 Å². The summed E-state index contributed by atoms with van der Waals surface area (Å²) in [6, 6.07) is 8.03. The lowest BCUT2D eigenvalue weighted by molar-refractivity contribution is 0.296. The molecule has 19 heavy (non-hydrogen) atoms. The van der Waals surface area contributed by atoms with Crippen LogP contribution in [0.3, 0.4) is 0 Å². The highest BCUT2D eigenvalue weighted by Gasteiger charge is 1.97. The fourth-order valence-corrected chi connectivity index (χ4v) is 2.17. The molecule has 0 aliphatic heterocycles. The van der Waals surface area contributed by atoms with E-state index < -0.39 is 0 Å². The van der Waals surface area contributed by atoms with Crippen molar-refractivity contribution in [3.63, 3.8) is 0 Å². The number of aliphatic hydroxyl groups is 1. The molecule has 2 nitrogen and oxygen atoms in total. The monoisotopic (exact) mass is 264 g/mol. The molecule has 1 N–H and O–H groups in total. The molecule has 1 rings (SSSR count). The predicted molar refractivity (Wildman–Crippen MR) is 80.7 cm³/mol. The van der Waals surface area contributed by atoms with Gasteiger partial charge in [-0.2, -0.15) is 0 Å². The van der Waals surface area contributed by atoms with Crippen LogP contribution < -0.4 is 4.74 Å². The summed E-state index contributed by atoms with van der Waals surface area (Å²) in [5.74, 6) is 0.928. The van der Waals surface area contributed by atoms with Crippen LogP contribution in [0.5, 0.6) is 5.75 Å². The third-order valence-corrected chi connectivity index (χ3v) is 3.32. The zero-order chi connectivity index (χ0) is 13.8. The zero-order valence-corrected chi connectivity index (χ0v) is 12.2. The Morgan fingerprint density at radius 1 is 1.00 bits per heavy atom. The average Bonchev–Trinajstić information content (AvgIpc) is 2.43. The molecule has 0 spiro atoms. The quantitative estimate of drug-likeness (QED) is 0.602. The van der Waals surface area contributed by atoms with Crippen LogP contribution in [0.4, 0.5) is 0 Å². The minimum atomic E-state index is 0.196. The van der Waals surface area contributed by atoms with Crippen molar-refractivity contribution in [2.75, 3.05) is 13.2 Å². The number of hydrogen-bond donors (Lipinski definition) is 1. The van der Waals surface area contributed by atoms with E-state index in [1.807, 2.05) is 24.3 Å². The van der Waals surface area contributed by atoms with E-state index in [9.17, 15) is 0 Å². The second-order valence-electron chi connectivity index (χ2n) is 5.09. The van der Waals surface area contributed by atoms with Crippen LogP contribution in [0.1, 0.15) is 57.4 Å². The summed E-state index contributed by atoms with van der Waals surface area (Å²) in [6.45, 7) is 3.25. The maximum Gasteiger partial charge on any atom is 0.119 e. The van der Waals surface area contributed by atoms with Crippen LogP contribution in [0, 0.1) is 0 Å². The Morgan fingerprint density at radius 3 is 2.47 bits per heavy atom. The molecule has 0 bridgehead atoms. The molecule has 1 aromatic rings. The molecule has 0 atom stereocenters. The molecular formula is C17H28O2. The fourth-order valence-electron chi connectivity index (χ4n) is 2.17. The van der Waals surface area contributed by atoms with Crippen LogP contribution in [0.2, 0.25) is 0 Å². The minimum absolute atomic E-state index is 0.196. The second kappa shape index (κ2) is 10.9. The third kappa shape index (κ3) is 7.89. The lowest BCUT2D eigenvalue weighted by Crippen LogP contribution is -1.98. The normalized spacial score (nSPS) is 10.6. The number of unbranched alkanes of at least 4 members (excludes halogenated alkanes) is 6. The molecule has 0 radical (unpaired) electrons. The van der Waals surface area contributed by atoms with Crippen molar-refractivity contribution >= 4 is 0 Å². The number of ether oxygens (including phenoxy) is 1. The molecule has 0 amide bonds. The van der Waals surface area contributed by atoms with Gasteiger partial charge in [0.05, 0.1) is 6.61 Å². The van der Waals surface area contributed by atoms with Crippen molar-refractivity contribution in [3.05, 3.63) is 29.8 Å². The summed E-state index contributed by atoms with van der Waals surface area (Å²) in [6.07, 6.45) is 9.85. The summed E-state index contributed by atoms with van der Waals surface area (Å²) < 4.78 is 5.74. The first kappa shape index (κ1) is 16.0. The first-order valence-corrected chi connectivity index (χ1v) is 7.69. The van der Waals surface area contributed by atoms with Crippen molar-refractivity contribution in [3.8, 4) is 5.75 Å². The summed E-state index contributed by atoms with van der Waals surface area (Å²) in [5.41, 5.74) is 1.14. The largest absolute Gasteiger partial charge is 0.494 e. The van der Waals surface area contributed by atoms with E-state index in [1.165, 1.54) is 38.5 Å². The van der Waals surface area contributed by atoms with Gasteiger partial charge < -0.3 is 9.84 Å². The van der Waals surface area contributed by atoms with E-state index >= 15 is 0 Å². The smallest absolute Gasteiger partial charge is 0.119 e. The molecule has 0 unspecified atom stereocenters. The molecule has 108 valence electrons. The van der Waals surface area contributed by atoms with Crippen LogP contribution in [-0.2, 0) is 6.42 Å². The standard InChI is InChI=1S/C17H28O2/c1-2-3-4-5-6-7-8-14-19-17-11-9-10-16(15-17)12-13-18/h9-11,15,18H,2-8,12-14H2,1H3. The van der Waals surface area contributed by atoms with Gasteiger partial charge in [-0.3, -0.25) is 0 Å². The molecule has 2 heteroatoms. The second-order valence-corrected chi connectivity index (χ2v) is 5.09. The van der Waals surface area contributed by atoms with E-state index in [4.69, 9.17) is 9.84 Å². The van der Waals surface area contributed by atoms with Gasteiger partial charge in [0.15, 0.2) is 0 Å². The van der Waals surface area contributed by atoms with Gasteiger partial charge in [-0.15, -0.1) is 0 Å². The molecule has 1 aromatic carbocycles. The van der Waals surface area contributed by atoms with Gasteiger partial charge in [0.25, 0.3) is 0 Å². The fraction of sp³-hybridized carbons (Fsp3) is 0.647. The summed E-state index contributed by atoms with van der Waals surface area (Å²) in [4.78, 5) is 0. The van der Waals surface area contributed by atoms with E-state index in [2.05, 4.69) is 6.92 Å². The van der Waals surface area contributed by atoms with Crippen molar-refractivity contribution in [1.29, 1.82) is 0 Å². The molecule has 0 aliphatic rings. The first-order chi connectivity index (χ1) is 9.36. The molecule has 0 aliphatic carbocycles. The van der Waals surface area contributed by atoms with Crippen LogP contribution >= 0.6 is 0 Å². The summed E-state index contributed by atoms with van der Waals surface area (Å²) in [5, 5.41) is 8.90. The molecular weight excluding hydrogens is 236 g/mol. The Balaban J connectivity index is 2.07. The number of benzene rings is 1. The Bertz CT molecular complexity index is 323. The highest BCUT2D eigenvalue weighted by Crippen LogP contribution is 2.14. The van der Waals surface area contributed by atoms with Crippen LogP contribution in [0.25, 0.3) is 0 Å². The van der Waals surface area contributed by atoms with Gasteiger partial charge in [-0.1, -0.05) is 57.6 Å². The Morgan fingerprint density at radius 2 is 1.74 bits per heavy atom. The SMILES string of the molecule is CCCCCCCCCOc1cccc(CCO)c1. The number of aliphatic hydroxyl groups excluding tert-OH is 1. The van der Waals surface area contributed by atoms with Crippen molar-refractivity contribution in [2.45, 2.75) is 58.3 Å². The van der Waals surface area contributed by atoms with Gasteiger partial charge in [-0.05, 0) is 30.5 Å². The maximum absolute atomic E-state index is 8.90. The van der Waals surface area contributed by atoms with Gasteiger partial charge >= 0.3 is 0 Å².